The fourth-order valence-electron chi connectivity index (χ4n) is 2.90. The highest BCUT2D eigenvalue weighted by molar-refractivity contribution is 7.91. The summed E-state index contributed by atoms with van der Waals surface area (Å²) in [6.45, 7) is 2.30. The summed E-state index contributed by atoms with van der Waals surface area (Å²) in [6.07, 6.45) is 3.33. The van der Waals surface area contributed by atoms with Crippen molar-refractivity contribution in [3.63, 3.8) is 0 Å². The number of amides is 2. The predicted octanol–water partition coefficient (Wildman–Crippen LogP) is 2.17. The fourth-order valence-corrected chi connectivity index (χ4v) is 3.79. The van der Waals surface area contributed by atoms with E-state index in [0.29, 0.717) is 18.2 Å². The Balaban J connectivity index is 1.57. The van der Waals surface area contributed by atoms with Crippen LogP contribution in [0.2, 0.25) is 0 Å². The van der Waals surface area contributed by atoms with Crippen LogP contribution in [0.1, 0.15) is 26.2 Å². The van der Waals surface area contributed by atoms with Gasteiger partial charge in [0.1, 0.15) is 0 Å². The Kier molecular flexibility index (Phi) is 4.59. The molecule has 0 unspecified atom stereocenters. The Labute approximate surface area is 136 Å². The van der Waals surface area contributed by atoms with E-state index in [1.807, 2.05) is 0 Å². The molecule has 2 N–H and O–H groups in total. The highest BCUT2D eigenvalue weighted by Crippen LogP contribution is 2.38. The molecular weight excluding hydrogens is 316 g/mol. The number of sulfone groups is 1. The Morgan fingerprint density at radius 3 is 2.52 bits per heavy atom. The van der Waals surface area contributed by atoms with Gasteiger partial charge in [-0.05, 0) is 49.4 Å². The van der Waals surface area contributed by atoms with E-state index in [1.54, 1.807) is 19.1 Å². The van der Waals surface area contributed by atoms with Crippen LogP contribution in [0.5, 0.6) is 0 Å². The zero-order valence-corrected chi connectivity index (χ0v) is 13.9. The van der Waals surface area contributed by atoms with Crippen molar-refractivity contribution in [1.82, 2.24) is 5.32 Å². The second-order valence-corrected chi connectivity index (χ2v) is 8.37. The van der Waals surface area contributed by atoms with Crippen LogP contribution in [0.25, 0.3) is 0 Å². The second-order valence-electron chi connectivity index (χ2n) is 6.09. The first-order valence-corrected chi connectivity index (χ1v) is 9.67. The maximum Gasteiger partial charge on any atom is 0.319 e. The average molecular weight is 338 g/mol. The van der Waals surface area contributed by atoms with Gasteiger partial charge >= 0.3 is 6.03 Å². The largest absolute Gasteiger partial charge is 0.376 e. The molecule has 1 aromatic carbocycles. The molecule has 0 radical (unpaired) electrons. The van der Waals surface area contributed by atoms with Crippen LogP contribution in [0.4, 0.5) is 10.5 Å². The zero-order chi connectivity index (χ0) is 16.4. The maximum absolute atomic E-state index is 12.1. The van der Waals surface area contributed by atoms with E-state index in [1.165, 1.54) is 25.0 Å². The molecule has 1 saturated heterocycles. The van der Waals surface area contributed by atoms with E-state index < -0.39 is 9.84 Å². The van der Waals surface area contributed by atoms with Gasteiger partial charge in [-0.2, -0.15) is 0 Å². The molecule has 6 nitrogen and oxygen atoms in total. The summed E-state index contributed by atoms with van der Waals surface area (Å²) < 4.78 is 29.2. The van der Waals surface area contributed by atoms with Crippen LogP contribution < -0.4 is 10.6 Å². The van der Waals surface area contributed by atoms with Crippen molar-refractivity contribution in [3.05, 3.63) is 24.3 Å². The van der Waals surface area contributed by atoms with Crippen molar-refractivity contribution in [2.24, 2.45) is 5.92 Å². The third-order valence-electron chi connectivity index (χ3n) is 4.39. The number of ether oxygens (including phenoxy) is 1. The van der Waals surface area contributed by atoms with Gasteiger partial charge in [-0.15, -0.1) is 0 Å². The van der Waals surface area contributed by atoms with Crippen LogP contribution in [0, 0.1) is 5.92 Å². The van der Waals surface area contributed by atoms with Gasteiger partial charge in [0.05, 0.1) is 22.8 Å². The average Bonchev–Trinajstić information content (AvgIpc) is 3.28. The molecule has 1 saturated carbocycles. The van der Waals surface area contributed by atoms with E-state index >= 15 is 0 Å². The number of rotatable bonds is 5. The minimum atomic E-state index is -3.22. The smallest absolute Gasteiger partial charge is 0.319 e. The summed E-state index contributed by atoms with van der Waals surface area (Å²) in [7, 11) is -3.22. The molecule has 3 rings (SSSR count). The molecule has 2 atom stereocenters. The number of benzene rings is 1. The molecule has 1 aromatic rings. The van der Waals surface area contributed by atoms with Crippen molar-refractivity contribution >= 4 is 21.6 Å². The van der Waals surface area contributed by atoms with Crippen molar-refractivity contribution < 1.29 is 17.9 Å². The lowest BCUT2D eigenvalue weighted by Gasteiger charge is -2.19. The summed E-state index contributed by atoms with van der Waals surface area (Å²) in [4.78, 5) is 12.4. The van der Waals surface area contributed by atoms with E-state index in [0.717, 1.165) is 6.42 Å². The molecule has 1 aliphatic carbocycles. The number of carbonyl (C=O) groups is 1. The Morgan fingerprint density at radius 2 is 1.91 bits per heavy atom. The monoisotopic (exact) mass is 338 g/mol. The Hall–Kier alpha value is -1.60. The Morgan fingerprint density at radius 1 is 1.22 bits per heavy atom. The normalized spacial score (nSPS) is 24.4. The first kappa shape index (κ1) is 16.3. The first-order chi connectivity index (χ1) is 11.0. The van der Waals surface area contributed by atoms with E-state index in [9.17, 15) is 13.2 Å². The lowest BCUT2D eigenvalue weighted by atomic mass is 10.1. The standard InChI is InChI=1S/C16H22N2O4S/c1-2-23(20,21)13-7-5-12(6-8-13)17-16(19)18-14-9-10-22-15(14)11-3-4-11/h5-8,11,14-15H,2-4,9-10H2,1H3,(H2,17,18,19)/t14-,15-/m0/s1. The highest BCUT2D eigenvalue weighted by atomic mass is 32.2. The van der Waals surface area contributed by atoms with E-state index in [2.05, 4.69) is 10.6 Å². The summed E-state index contributed by atoms with van der Waals surface area (Å²) >= 11 is 0. The molecule has 23 heavy (non-hydrogen) atoms. The fraction of sp³-hybridized carbons (Fsp3) is 0.562. The van der Waals surface area contributed by atoms with Crippen LogP contribution >= 0.6 is 0 Å². The van der Waals surface area contributed by atoms with Gasteiger partial charge in [0, 0.05) is 12.3 Å². The number of carbonyl (C=O) groups excluding carboxylic acids is 1. The van der Waals surface area contributed by atoms with E-state index in [-0.39, 0.29) is 28.8 Å². The van der Waals surface area contributed by atoms with Gasteiger partial charge in [0.25, 0.3) is 0 Å². The molecule has 2 amide bonds. The third kappa shape index (κ3) is 3.84. The third-order valence-corrected chi connectivity index (χ3v) is 6.14. The van der Waals surface area contributed by atoms with Crippen molar-refractivity contribution in [2.45, 2.75) is 43.2 Å². The number of hydrogen-bond acceptors (Lipinski definition) is 4. The lowest BCUT2D eigenvalue weighted by Crippen LogP contribution is -2.43. The predicted molar refractivity (Wildman–Crippen MR) is 87.2 cm³/mol. The minimum Gasteiger partial charge on any atom is -0.376 e. The van der Waals surface area contributed by atoms with Gasteiger partial charge < -0.3 is 15.4 Å². The molecule has 1 aliphatic heterocycles. The van der Waals surface area contributed by atoms with Gasteiger partial charge in [-0.25, -0.2) is 13.2 Å². The molecule has 2 fully saturated rings. The van der Waals surface area contributed by atoms with E-state index in [4.69, 9.17) is 4.74 Å². The summed E-state index contributed by atoms with van der Waals surface area (Å²) in [5.41, 5.74) is 0.569. The highest BCUT2D eigenvalue weighted by Gasteiger charge is 2.41. The van der Waals surface area contributed by atoms with Crippen LogP contribution in [-0.2, 0) is 14.6 Å². The molecular formula is C16H22N2O4S. The zero-order valence-electron chi connectivity index (χ0n) is 13.1. The van der Waals surface area contributed by atoms with Gasteiger partial charge in [-0.1, -0.05) is 6.92 Å². The van der Waals surface area contributed by atoms with Crippen molar-refractivity contribution in [3.8, 4) is 0 Å². The van der Waals surface area contributed by atoms with Crippen LogP contribution in [0.3, 0.4) is 0 Å². The molecule has 0 spiro atoms. The lowest BCUT2D eigenvalue weighted by molar-refractivity contribution is 0.0829. The van der Waals surface area contributed by atoms with Gasteiger partial charge in [0.15, 0.2) is 9.84 Å². The van der Waals surface area contributed by atoms with Gasteiger partial charge in [-0.3, -0.25) is 0 Å². The van der Waals surface area contributed by atoms with Gasteiger partial charge in [0.2, 0.25) is 0 Å². The molecule has 7 heteroatoms. The summed E-state index contributed by atoms with van der Waals surface area (Å²) in [6, 6.07) is 6.01. The maximum atomic E-state index is 12.1. The number of anilines is 1. The molecule has 0 bridgehead atoms. The summed E-state index contributed by atoms with van der Waals surface area (Å²) in [5, 5.41) is 5.71. The SMILES string of the molecule is CCS(=O)(=O)c1ccc(NC(=O)N[C@H]2CCO[C@H]2C2CC2)cc1. The topological polar surface area (TPSA) is 84.5 Å². The molecule has 126 valence electrons. The second kappa shape index (κ2) is 6.49. The molecule has 2 aliphatic rings. The number of nitrogens with one attached hydrogen (secondary N) is 2. The minimum absolute atomic E-state index is 0.0576. The van der Waals surface area contributed by atoms with Crippen LogP contribution in [0.15, 0.2) is 29.2 Å². The van der Waals surface area contributed by atoms with Crippen molar-refractivity contribution in [1.29, 1.82) is 0 Å². The van der Waals surface area contributed by atoms with Crippen LogP contribution in [-0.4, -0.2) is 39.0 Å². The molecule has 1 heterocycles. The van der Waals surface area contributed by atoms with Crippen molar-refractivity contribution in [2.75, 3.05) is 17.7 Å². The quantitative estimate of drug-likeness (QED) is 0.862. The summed E-state index contributed by atoms with van der Waals surface area (Å²) in [5.74, 6) is 0.645. The Bertz CT molecular complexity index is 668. The number of hydrogen-bond donors (Lipinski definition) is 2. The number of urea groups is 1. The first-order valence-electron chi connectivity index (χ1n) is 8.01. The molecule has 0 aromatic heterocycles.